The first kappa shape index (κ1) is 16.5. The largest absolute Gasteiger partial charge is 0.460 e. The first-order valence-electron chi connectivity index (χ1n) is 7.76. The summed E-state index contributed by atoms with van der Waals surface area (Å²) in [5, 5.41) is 14.8. The normalized spacial score (nSPS) is 10.6. The Bertz CT molecular complexity index is 932. The Balaban J connectivity index is 1.92. The maximum absolute atomic E-state index is 12.2. The third-order valence-corrected chi connectivity index (χ3v) is 3.69. The van der Waals surface area contributed by atoms with Crippen molar-refractivity contribution in [3.8, 4) is 0 Å². The molecule has 0 aliphatic heterocycles. The zero-order valence-corrected chi connectivity index (χ0v) is 13.5. The van der Waals surface area contributed by atoms with Crippen LogP contribution in [-0.2, 0) is 11.3 Å². The molecule has 7 nitrogen and oxygen atoms in total. The average Bonchev–Trinajstić information content (AvgIpc) is 2.99. The van der Waals surface area contributed by atoms with Gasteiger partial charge in [0.25, 0.3) is 5.69 Å². The quantitative estimate of drug-likeness (QED) is 0.412. The van der Waals surface area contributed by atoms with Crippen LogP contribution in [0.2, 0.25) is 0 Å². The summed E-state index contributed by atoms with van der Waals surface area (Å²) in [4.78, 5) is 22.6. The number of carbonyl (C=O) groups is 1. The summed E-state index contributed by atoms with van der Waals surface area (Å²) in [6.45, 7) is 2.24. The molecule has 0 spiro atoms. The predicted octanol–water partition coefficient (Wildman–Crippen LogP) is 4.13. The molecule has 0 fully saturated rings. The number of nitrogens with one attached hydrogen (secondary N) is 1. The molecule has 3 rings (SSSR count). The fourth-order valence-electron chi connectivity index (χ4n) is 2.56. The van der Waals surface area contributed by atoms with E-state index in [9.17, 15) is 14.9 Å². The van der Waals surface area contributed by atoms with E-state index >= 15 is 0 Å². The van der Waals surface area contributed by atoms with E-state index in [0.717, 1.165) is 5.39 Å². The lowest BCUT2D eigenvalue weighted by molar-refractivity contribution is -0.384. The van der Waals surface area contributed by atoms with Crippen LogP contribution < -0.4 is 5.32 Å². The van der Waals surface area contributed by atoms with Gasteiger partial charge in [-0.05, 0) is 19.1 Å². The summed E-state index contributed by atoms with van der Waals surface area (Å²) in [5.41, 5.74) is 1.81. The second kappa shape index (κ2) is 7.04. The van der Waals surface area contributed by atoms with E-state index in [1.165, 1.54) is 12.1 Å². The maximum atomic E-state index is 12.2. The van der Waals surface area contributed by atoms with Gasteiger partial charge in [0.15, 0.2) is 0 Å². The molecule has 0 aliphatic rings. The van der Waals surface area contributed by atoms with Crippen LogP contribution in [0.5, 0.6) is 0 Å². The first-order valence-corrected chi connectivity index (χ1v) is 7.76. The van der Waals surface area contributed by atoms with Gasteiger partial charge >= 0.3 is 5.97 Å². The number of nitrogens with zero attached hydrogens (tertiary/aromatic N) is 1. The number of esters is 1. The zero-order chi connectivity index (χ0) is 17.8. The molecule has 0 amide bonds. The molecule has 0 unspecified atom stereocenters. The summed E-state index contributed by atoms with van der Waals surface area (Å²) in [5.74, 6) is -0.393. The molecule has 2 aromatic carbocycles. The molecule has 25 heavy (non-hydrogen) atoms. The van der Waals surface area contributed by atoms with Gasteiger partial charge < -0.3 is 14.5 Å². The van der Waals surface area contributed by atoms with E-state index < -0.39 is 10.9 Å². The van der Waals surface area contributed by atoms with Crippen molar-refractivity contribution in [3.63, 3.8) is 0 Å². The summed E-state index contributed by atoms with van der Waals surface area (Å²) in [7, 11) is 0. The highest BCUT2D eigenvalue weighted by Crippen LogP contribution is 2.28. The number of nitro groups is 1. The number of nitro benzene ring substituents is 1. The fourth-order valence-corrected chi connectivity index (χ4v) is 2.56. The summed E-state index contributed by atoms with van der Waals surface area (Å²) >= 11 is 0. The number of para-hydroxylation sites is 1. The zero-order valence-electron chi connectivity index (χ0n) is 13.5. The number of non-ortho nitro benzene ring substituents is 1. The average molecular weight is 340 g/mol. The molecule has 128 valence electrons. The van der Waals surface area contributed by atoms with E-state index in [0.29, 0.717) is 16.8 Å². The molecule has 1 heterocycles. The molecule has 0 saturated carbocycles. The third-order valence-electron chi connectivity index (χ3n) is 3.69. The number of anilines is 1. The van der Waals surface area contributed by atoms with Crippen molar-refractivity contribution < 1.29 is 18.9 Å². The van der Waals surface area contributed by atoms with Gasteiger partial charge in [0, 0.05) is 35.3 Å². The standard InChI is InChI=1S/C18H16N2O5/c1-2-24-18(21)17-15(14-8-3-4-9-16(14)25-17)11-19-12-6-5-7-13(10-12)20(22)23/h3-10,19H,2,11H2,1H3. The first-order chi connectivity index (χ1) is 12.1. The van der Waals surface area contributed by atoms with Crippen LogP contribution in [0.15, 0.2) is 52.9 Å². The number of fused-ring (bicyclic) bond motifs is 1. The second-order valence-electron chi connectivity index (χ2n) is 5.29. The Kier molecular flexibility index (Phi) is 4.65. The van der Waals surface area contributed by atoms with Gasteiger partial charge in [-0.3, -0.25) is 10.1 Å². The topological polar surface area (TPSA) is 94.6 Å². The number of ether oxygens (including phenoxy) is 1. The molecule has 0 atom stereocenters. The highest BCUT2D eigenvalue weighted by molar-refractivity contribution is 5.96. The monoisotopic (exact) mass is 340 g/mol. The lowest BCUT2D eigenvalue weighted by atomic mass is 10.1. The van der Waals surface area contributed by atoms with E-state index in [2.05, 4.69) is 5.32 Å². The summed E-state index contributed by atoms with van der Waals surface area (Å²) in [6, 6.07) is 13.5. The highest BCUT2D eigenvalue weighted by Gasteiger charge is 2.21. The van der Waals surface area contributed by atoms with Crippen LogP contribution in [0.3, 0.4) is 0 Å². The van der Waals surface area contributed by atoms with Gasteiger partial charge in [-0.15, -0.1) is 0 Å². The molecule has 0 aliphatic carbocycles. The van der Waals surface area contributed by atoms with Gasteiger partial charge in [0.05, 0.1) is 11.5 Å². The lowest BCUT2D eigenvalue weighted by Crippen LogP contribution is -2.09. The van der Waals surface area contributed by atoms with Crippen LogP contribution in [0, 0.1) is 10.1 Å². The van der Waals surface area contributed by atoms with Crippen LogP contribution in [0.25, 0.3) is 11.0 Å². The molecule has 7 heteroatoms. The van der Waals surface area contributed by atoms with Crippen molar-refractivity contribution >= 4 is 28.3 Å². The van der Waals surface area contributed by atoms with E-state index in [1.54, 1.807) is 25.1 Å². The smallest absolute Gasteiger partial charge is 0.374 e. The molecular weight excluding hydrogens is 324 g/mol. The molecule has 1 aromatic heterocycles. The second-order valence-corrected chi connectivity index (χ2v) is 5.29. The third kappa shape index (κ3) is 3.45. The minimum Gasteiger partial charge on any atom is -0.460 e. The number of furan rings is 1. The fraction of sp³-hybridized carbons (Fsp3) is 0.167. The highest BCUT2D eigenvalue weighted by atomic mass is 16.6. The van der Waals surface area contributed by atoms with E-state index in [4.69, 9.17) is 9.15 Å². The van der Waals surface area contributed by atoms with Crippen molar-refractivity contribution in [1.29, 1.82) is 0 Å². The Morgan fingerprint density at radius 1 is 1.24 bits per heavy atom. The van der Waals surface area contributed by atoms with Crippen LogP contribution in [0.4, 0.5) is 11.4 Å². The number of hydrogen-bond donors (Lipinski definition) is 1. The molecule has 1 N–H and O–H groups in total. The Morgan fingerprint density at radius 3 is 2.80 bits per heavy atom. The van der Waals surface area contributed by atoms with Gasteiger partial charge in [-0.1, -0.05) is 24.3 Å². The summed E-state index contributed by atoms with van der Waals surface area (Å²) < 4.78 is 10.7. The molecular formula is C18H16N2O5. The number of hydrogen-bond acceptors (Lipinski definition) is 6. The number of benzene rings is 2. The molecule has 3 aromatic rings. The SMILES string of the molecule is CCOC(=O)c1oc2ccccc2c1CNc1cccc([N+](=O)[O-])c1. The lowest BCUT2D eigenvalue weighted by Gasteiger charge is -2.07. The molecule has 0 radical (unpaired) electrons. The van der Waals surface area contributed by atoms with Crippen molar-refractivity contribution in [2.75, 3.05) is 11.9 Å². The summed E-state index contributed by atoms with van der Waals surface area (Å²) in [6.07, 6.45) is 0. The van der Waals surface area contributed by atoms with Gasteiger partial charge in [0.1, 0.15) is 5.58 Å². The van der Waals surface area contributed by atoms with Gasteiger partial charge in [0.2, 0.25) is 5.76 Å². The minimum atomic E-state index is -0.533. The molecule has 0 saturated heterocycles. The van der Waals surface area contributed by atoms with Crippen molar-refractivity contribution in [1.82, 2.24) is 0 Å². The van der Waals surface area contributed by atoms with Crippen LogP contribution >= 0.6 is 0 Å². The maximum Gasteiger partial charge on any atom is 0.374 e. The van der Waals surface area contributed by atoms with Gasteiger partial charge in [-0.2, -0.15) is 0 Å². The van der Waals surface area contributed by atoms with Crippen LogP contribution in [-0.4, -0.2) is 17.5 Å². The Hall–Kier alpha value is -3.35. The van der Waals surface area contributed by atoms with E-state index in [1.807, 2.05) is 18.2 Å². The van der Waals surface area contributed by atoms with Crippen molar-refractivity contribution in [2.45, 2.75) is 13.5 Å². The number of carbonyl (C=O) groups excluding carboxylic acids is 1. The number of rotatable bonds is 6. The predicted molar refractivity (Wildman–Crippen MR) is 92.6 cm³/mol. The van der Waals surface area contributed by atoms with Crippen molar-refractivity contribution in [3.05, 3.63) is 70.0 Å². The van der Waals surface area contributed by atoms with Crippen LogP contribution in [0.1, 0.15) is 23.0 Å². The van der Waals surface area contributed by atoms with Crippen molar-refractivity contribution in [2.24, 2.45) is 0 Å². The Morgan fingerprint density at radius 2 is 2.04 bits per heavy atom. The minimum absolute atomic E-state index is 0.00679. The molecule has 0 bridgehead atoms. The van der Waals surface area contributed by atoms with E-state index in [-0.39, 0.29) is 24.6 Å². The Labute approximate surface area is 143 Å². The van der Waals surface area contributed by atoms with Gasteiger partial charge in [-0.25, -0.2) is 4.79 Å².